The zero-order valence-electron chi connectivity index (χ0n) is 8.88. The number of hydrogen-bond acceptors (Lipinski definition) is 0. The second kappa shape index (κ2) is 9.87. The molecule has 3 heteroatoms. The van der Waals surface area contributed by atoms with Gasteiger partial charge in [0, 0.05) is 6.42 Å². The first-order chi connectivity index (χ1) is 6.06. The number of alkyl halides is 3. The Balaban J connectivity index is 0. The van der Waals surface area contributed by atoms with Crippen molar-refractivity contribution >= 4 is 0 Å². The molecule has 0 unspecified atom stereocenters. The summed E-state index contributed by atoms with van der Waals surface area (Å²) in [7, 11) is 0. The standard InChI is InChI=1S/C8H15F3.C2H6/c1-2-3-4-5-6-7-8(9,10)11;1-2/h2-7H2,1H3;1-2H3. The molecule has 0 N–H and O–H groups in total. The maximum absolute atomic E-state index is 11.6. The molecule has 0 aliphatic heterocycles. The van der Waals surface area contributed by atoms with Gasteiger partial charge in [-0.15, -0.1) is 0 Å². The third-order valence-electron chi connectivity index (χ3n) is 1.56. The molecule has 0 aromatic heterocycles. The van der Waals surface area contributed by atoms with Crippen molar-refractivity contribution in [3.05, 3.63) is 0 Å². The third-order valence-corrected chi connectivity index (χ3v) is 1.56. The van der Waals surface area contributed by atoms with E-state index in [1.807, 2.05) is 20.8 Å². The highest BCUT2D eigenvalue weighted by atomic mass is 19.4. The maximum atomic E-state index is 11.6. The van der Waals surface area contributed by atoms with E-state index in [9.17, 15) is 13.2 Å². The minimum absolute atomic E-state index is 0.295. The van der Waals surface area contributed by atoms with Crippen molar-refractivity contribution in [2.45, 2.75) is 65.5 Å². The second-order valence-electron chi connectivity index (χ2n) is 2.78. The first kappa shape index (κ1) is 15.3. The molecule has 0 aliphatic rings. The van der Waals surface area contributed by atoms with Crippen LogP contribution in [0, 0.1) is 0 Å². The predicted octanol–water partition coefficient (Wildman–Crippen LogP) is 4.94. The summed E-state index contributed by atoms with van der Waals surface area (Å²) in [6, 6.07) is 0. The molecule has 0 aliphatic carbocycles. The van der Waals surface area contributed by atoms with E-state index in [1.54, 1.807) is 0 Å². The fourth-order valence-corrected chi connectivity index (χ4v) is 0.929. The lowest BCUT2D eigenvalue weighted by Gasteiger charge is -2.04. The fraction of sp³-hybridized carbons (Fsp3) is 1.00. The van der Waals surface area contributed by atoms with Crippen molar-refractivity contribution in [3.63, 3.8) is 0 Å². The first-order valence-corrected chi connectivity index (χ1v) is 5.13. The highest BCUT2D eigenvalue weighted by molar-refractivity contribution is 4.50. The molecule has 0 rings (SSSR count). The van der Waals surface area contributed by atoms with E-state index in [1.165, 1.54) is 0 Å². The summed E-state index contributed by atoms with van der Waals surface area (Å²) < 4.78 is 34.7. The Morgan fingerprint density at radius 1 is 0.846 bits per heavy atom. The summed E-state index contributed by atoms with van der Waals surface area (Å²) in [5, 5.41) is 0. The van der Waals surface area contributed by atoms with Crippen molar-refractivity contribution in [3.8, 4) is 0 Å². The van der Waals surface area contributed by atoms with Gasteiger partial charge in [0.1, 0.15) is 0 Å². The van der Waals surface area contributed by atoms with Crippen molar-refractivity contribution in [1.29, 1.82) is 0 Å². The van der Waals surface area contributed by atoms with Crippen molar-refractivity contribution in [1.82, 2.24) is 0 Å². The fourth-order valence-electron chi connectivity index (χ4n) is 0.929. The first-order valence-electron chi connectivity index (χ1n) is 5.13. The molecule has 13 heavy (non-hydrogen) atoms. The zero-order valence-corrected chi connectivity index (χ0v) is 8.88. The van der Waals surface area contributed by atoms with Crippen LogP contribution in [0.5, 0.6) is 0 Å². The topological polar surface area (TPSA) is 0 Å². The molecular formula is C10H21F3. The van der Waals surface area contributed by atoms with Gasteiger partial charge in [0.15, 0.2) is 0 Å². The lowest BCUT2D eigenvalue weighted by atomic mass is 10.1. The normalized spacial score (nSPS) is 10.6. The van der Waals surface area contributed by atoms with E-state index in [0.717, 1.165) is 19.3 Å². The molecule has 0 aromatic rings. The van der Waals surface area contributed by atoms with Crippen LogP contribution in [0.4, 0.5) is 13.2 Å². The van der Waals surface area contributed by atoms with Gasteiger partial charge in [0.25, 0.3) is 0 Å². The summed E-state index contributed by atoms with van der Waals surface area (Å²) >= 11 is 0. The molecule has 0 nitrogen and oxygen atoms in total. The molecule has 0 radical (unpaired) electrons. The van der Waals surface area contributed by atoms with Gasteiger partial charge in [0.2, 0.25) is 0 Å². The summed E-state index contributed by atoms with van der Waals surface area (Å²) in [6.45, 7) is 6.05. The molecule has 0 spiro atoms. The van der Waals surface area contributed by atoms with Gasteiger partial charge in [-0.3, -0.25) is 0 Å². The van der Waals surface area contributed by atoms with E-state index in [0.29, 0.717) is 12.8 Å². The minimum Gasteiger partial charge on any atom is -0.171 e. The van der Waals surface area contributed by atoms with Crippen LogP contribution in [0.15, 0.2) is 0 Å². The summed E-state index contributed by atoms with van der Waals surface area (Å²) in [5.74, 6) is 0. The molecule has 0 amide bonds. The molecule has 82 valence electrons. The van der Waals surface area contributed by atoms with E-state index in [-0.39, 0.29) is 0 Å². The molecule has 0 atom stereocenters. The van der Waals surface area contributed by atoms with Crippen molar-refractivity contribution in [2.24, 2.45) is 0 Å². The SMILES string of the molecule is CC.CCCCCCCC(F)(F)F. The molecule has 0 saturated carbocycles. The van der Waals surface area contributed by atoms with Crippen molar-refractivity contribution in [2.75, 3.05) is 0 Å². The number of rotatable bonds is 5. The highest BCUT2D eigenvalue weighted by Gasteiger charge is 2.25. The highest BCUT2D eigenvalue weighted by Crippen LogP contribution is 2.22. The average Bonchev–Trinajstić information content (AvgIpc) is 2.06. The van der Waals surface area contributed by atoms with Crippen LogP contribution in [0.1, 0.15) is 59.3 Å². The molecule has 0 aromatic carbocycles. The maximum Gasteiger partial charge on any atom is 0.389 e. The number of halogens is 3. The van der Waals surface area contributed by atoms with Gasteiger partial charge in [0.05, 0.1) is 0 Å². The summed E-state index contributed by atoms with van der Waals surface area (Å²) in [5.41, 5.74) is 0. The van der Waals surface area contributed by atoms with E-state index < -0.39 is 12.6 Å². The van der Waals surface area contributed by atoms with Crippen LogP contribution < -0.4 is 0 Å². The molecule has 0 saturated heterocycles. The van der Waals surface area contributed by atoms with E-state index in [2.05, 4.69) is 0 Å². The quantitative estimate of drug-likeness (QED) is 0.549. The summed E-state index contributed by atoms with van der Waals surface area (Å²) in [4.78, 5) is 0. The monoisotopic (exact) mass is 198 g/mol. The minimum atomic E-state index is -3.95. The van der Waals surface area contributed by atoms with Gasteiger partial charge >= 0.3 is 6.18 Å². The Morgan fingerprint density at radius 3 is 1.69 bits per heavy atom. The Labute approximate surface area is 79.5 Å². The van der Waals surface area contributed by atoms with Gasteiger partial charge in [-0.05, 0) is 6.42 Å². The van der Waals surface area contributed by atoms with Gasteiger partial charge in [-0.25, -0.2) is 0 Å². The lowest BCUT2D eigenvalue weighted by molar-refractivity contribution is -0.135. The van der Waals surface area contributed by atoms with Crippen LogP contribution in [-0.2, 0) is 0 Å². The Morgan fingerprint density at radius 2 is 1.31 bits per heavy atom. The zero-order chi connectivity index (χ0) is 10.7. The molecular weight excluding hydrogens is 177 g/mol. The third kappa shape index (κ3) is 18.6. The number of unbranched alkanes of at least 4 members (excludes halogenated alkanes) is 4. The van der Waals surface area contributed by atoms with Crippen LogP contribution in [-0.4, -0.2) is 6.18 Å². The molecule has 0 heterocycles. The van der Waals surface area contributed by atoms with E-state index >= 15 is 0 Å². The lowest BCUT2D eigenvalue weighted by Crippen LogP contribution is -2.06. The smallest absolute Gasteiger partial charge is 0.171 e. The largest absolute Gasteiger partial charge is 0.389 e. The van der Waals surface area contributed by atoms with Gasteiger partial charge < -0.3 is 0 Å². The van der Waals surface area contributed by atoms with E-state index in [4.69, 9.17) is 0 Å². The van der Waals surface area contributed by atoms with Crippen LogP contribution in [0.2, 0.25) is 0 Å². The second-order valence-corrected chi connectivity index (χ2v) is 2.78. The Kier molecular flexibility index (Phi) is 11.6. The Bertz CT molecular complexity index is 86.7. The van der Waals surface area contributed by atoms with Crippen LogP contribution in [0.3, 0.4) is 0 Å². The summed E-state index contributed by atoms with van der Waals surface area (Å²) in [6.07, 6.45) is -0.490. The van der Waals surface area contributed by atoms with Crippen molar-refractivity contribution < 1.29 is 13.2 Å². The predicted molar refractivity (Wildman–Crippen MR) is 50.8 cm³/mol. The van der Waals surface area contributed by atoms with Crippen LogP contribution >= 0.6 is 0 Å². The average molecular weight is 198 g/mol. The van der Waals surface area contributed by atoms with Gasteiger partial charge in [-0.1, -0.05) is 46.5 Å². The van der Waals surface area contributed by atoms with Gasteiger partial charge in [-0.2, -0.15) is 13.2 Å². The molecule has 0 bridgehead atoms. The van der Waals surface area contributed by atoms with Crippen LogP contribution in [0.25, 0.3) is 0 Å². The molecule has 0 fully saturated rings. The number of hydrogen-bond donors (Lipinski definition) is 0. The Hall–Kier alpha value is -0.210.